The number of imidazole rings is 1. The Labute approximate surface area is 170 Å². The number of hydrogen-bond donors (Lipinski definition) is 1. The van der Waals surface area contributed by atoms with Gasteiger partial charge >= 0.3 is 0 Å². The minimum Gasteiger partial charge on any atom is -0.497 e. The van der Waals surface area contributed by atoms with Gasteiger partial charge in [-0.2, -0.15) is 0 Å². The summed E-state index contributed by atoms with van der Waals surface area (Å²) >= 11 is 0. The average molecular weight is 395 g/mol. The third kappa shape index (κ3) is 4.87. The molecule has 2 aromatic carbocycles. The number of carbonyl (C=O) groups excluding carboxylic acids is 1. The highest BCUT2D eigenvalue weighted by Gasteiger charge is 2.22. The van der Waals surface area contributed by atoms with Gasteiger partial charge < -0.3 is 24.1 Å². The van der Waals surface area contributed by atoms with Crippen molar-refractivity contribution in [1.29, 1.82) is 0 Å². The molecule has 0 aliphatic rings. The Hall–Kier alpha value is -3.48. The number of nitrogens with one attached hydrogen (secondary N) is 1. The lowest BCUT2D eigenvalue weighted by Crippen LogP contribution is -2.34. The molecule has 0 radical (unpaired) electrons. The van der Waals surface area contributed by atoms with E-state index in [1.54, 1.807) is 26.5 Å². The predicted molar refractivity (Wildman–Crippen MR) is 109 cm³/mol. The van der Waals surface area contributed by atoms with Gasteiger partial charge in [0.25, 0.3) is 5.91 Å². The number of carbonyl (C=O) groups is 1. The van der Waals surface area contributed by atoms with Gasteiger partial charge in [-0.05, 0) is 36.2 Å². The van der Waals surface area contributed by atoms with Gasteiger partial charge in [0.05, 0.1) is 14.2 Å². The van der Waals surface area contributed by atoms with Crippen molar-refractivity contribution in [1.82, 2.24) is 14.9 Å². The zero-order chi connectivity index (χ0) is 20.8. The molecule has 1 heterocycles. The molecule has 152 valence electrons. The van der Waals surface area contributed by atoms with E-state index in [-0.39, 0.29) is 12.5 Å². The van der Waals surface area contributed by atoms with Crippen LogP contribution < -0.4 is 19.5 Å². The van der Waals surface area contributed by atoms with E-state index in [1.165, 1.54) is 0 Å². The molecule has 1 aromatic heterocycles. The minimum atomic E-state index is -0.494. The second-order valence-corrected chi connectivity index (χ2v) is 6.60. The molecule has 29 heavy (non-hydrogen) atoms. The van der Waals surface area contributed by atoms with Crippen LogP contribution >= 0.6 is 0 Å². The van der Waals surface area contributed by atoms with E-state index in [0.29, 0.717) is 23.1 Å². The summed E-state index contributed by atoms with van der Waals surface area (Å²) in [5, 5.41) is 3.01. The lowest BCUT2D eigenvalue weighted by Gasteiger charge is -2.21. The van der Waals surface area contributed by atoms with E-state index >= 15 is 0 Å². The van der Waals surface area contributed by atoms with Gasteiger partial charge in [-0.1, -0.05) is 18.2 Å². The van der Waals surface area contributed by atoms with Crippen molar-refractivity contribution in [3.8, 4) is 17.2 Å². The fourth-order valence-corrected chi connectivity index (χ4v) is 3.01. The highest BCUT2D eigenvalue weighted by molar-refractivity contribution is 5.78. The molecule has 1 N–H and O–H groups in total. The summed E-state index contributed by atoms with van der Waals surface area (Å²) in [5.74, 6) is 2.36. The zero-order valence-electron chi connectivity index (χ0n) is 17.0. The number of para-hydroxylation sites is 1. The predicted octanol–water partition coefficient (Wildman–Crippen LogP) is 3.03. The maximum absolute atomic E-state index is 12.7. The van der Waals surface area contributed by atoms with Gasteiger partial charge in [-0.25, -0.2) is 4.98 Å². The third-order valence-corrected chi connectivity index (χ3v) is 4.58. The van der Waals surface area contributed by atoms with Crippen molar-refractivity contribution in [2.75, 3.05) is 20.8 Å². The molecule has 1 amide bonds. The largest absolute Gasteiger partial charge is 0.497 e. The Bertz CT molecular complexity index is 961. The lowest BCUT2D eigenvalue weighted by molar-refractivity contribution is -0.123. The van der Waals surface area contributed by atoms with Crippen LogP contribution in [0, 0.1) is 6.92 Å². The molecule has 1 atom stereocenters. The van der Waals surface area contributed by atoms with E-state index in [1.807, 2.05) is 61.1 Å². The number of hydrogen-bond acceptors (Lipinski definition) is 5. The van der Waals surface area contributed by atoms with Crippen molar-refractivity contribution < 1.29 is 19.0 Å². The van der Waals surface area contributed by atoms with Crippen LogP contribution in [0.5, 0.6) is 17.2 Å². The van der Waals surface area contributed by atoms with E-state index in [0.717, 1.165) is 11.1 Å². The summed E-state index contributed by atoms with van der Waals surface area (Å²) in [6.07, 6.45) is 3.52. The molecule has 0 aliphatic heterocycles. The Morgan fingerprint density at radius 2 is 1.83 bits per heavy atom. The van der Waals surface area contributed by atoms with Crippen molar-refractivity contribution >= 4 is 5.91 Å². The third-order valence-electron chi connectivity index (χ3n) is 4.58. The quantitative estimate of drug-likeness (QED) is 0.635. The van der Waals surface area contributed by atoms with Crippen LogP contribution in [0.1, 0.15) is 23.0 Å². The first-order valence-electron chi connectivity index (χ1n) is 9.19. The van der Waals surface area contributed by atoms with Crippen LogP contribution in [0.2, 0.25) is 0 Å². The van der Waals surface area contributed by atoms with Crippen molar-refractivity contribution in [2.45, 2.75) is 13.0 Å². The number of amides is 1. The summed E-state index contributed by atoms with van der Waals surface area (Å²) in [5.41, 5.74) is 1.76. The number of aryl methyl sites for hydroxylation is 2. The molecule has 0 bridgehead atoms. The maximum Gasteiger partial charge on any atom is 0.258 e. The number of ether oxygens (including phenoxy) is 3. The topological polar surface area (TPSA) is 74.6 Å². The van der Waals surface area contributed by atoms with E-state index < -0.39 is 6.04 Å². The fourth-order valence-electron chi connectivity index (χ4n) is 3.01. The van der Waals surface area contributed by atoms with Crippen LogP contribution in [0.25, 0.3) is 0 Å². The minimum absolute atomic E-state index is 0.104. The molecule has 7 heteroatoms. The molecular weight excluding hydrogens is 370 g/mol. The summed E-state index contributed by atoms with van der Waals surface area (Å²) in [6.45, 7) is 1.83. The molecule has 0 fully saturated rings. The first-order chi connectivity index (χ1) is 14.0. The summed E-state index contributed by atoms with van der Waals surface area (Å²) in [6, 6.07) is 12.6. The fraction of sp³-hybridized carbons (Fsp3) is 0.273. The van der Waals surface area contributed by atoms with Crippen LogP contribution in [-0.4, -0.2) is 36.3 Å². The van der Waals surface area contributed by atoms with E-state index in [9.17, 15) is 4.79 Å². The summed E-state index contributed by atoms with van der Waals surface area (Å²) in [4.78, 5) is 17.1. The molecule has 0 saturated heterocycles. The van der Waals surface area contributed by atoms with Gasteiger partial charge in [0.15, 0.2) is 6.61 Å². The number of aromatic nitrogens is 2. The maximum atomic E-state index is 12.7. The van der Waals surface area contributed by atoms with Gasteiger partial charge in [0, 0.05) is 25.5 Å². The van der Waals surface area contributed by atoms with Crippen molar-refractivity contribution in [2.24, 2.45) is 7.05 Å². The Balaban J connectivity index is 1.84. The average Bonchev–Trinajstić information content (AvgIpc) is 3.16. The van der Waals surface area contributed by atoms with Crippen molar-refractivity contribution in [3.63, 3.8) is 0 Å². The highest BCUT2D eigenvalue weighted by atomic mass is 16.5. The zero-order valence-corrected chi connectivity index (χ0v) is 17.0. The number of benzene rings is 2. The number of nitrogens with zero attached hydrogens (tertiary/aromatic N) is 2. The van der Waals surface area contributed by atoms with Gasteiger partial charge in [-0.3, -0.25) is 4.79 Å². The first kappa shape index (κ1) is 20.3. The second-order valence-electron chi connectivity index (χ2n) is 6.60. The molecule has 0 spiro atoms. The second kappa shape index (κ2) is 9.14. The van der Waals surface area contributed by atoms with E-state index in [4.69, 9.17) is 14.2 Å². The first-order valence-corrected chi connectivity index (χ1v) is 9.19. The molecule has 1 unspecified atom stereocenters. The lowest BCUT2D eigenvalue weighted by atomic mass is 10.0. The van der Waals surface area contributed by atoms with Crippen LogP contribution in [-0.2, 0) is 11.8 Å². The number of rotatable bonds is 8. The van der Waals surface area contributed by atoms with Crippen molar-refractivity contribution in [3.05, 3.63) is 71.8 Å². The van der Waals surface area contributed by atoms with E-state index in [2.05, 4.69) is 10.3 Å². The summed E-state index contributed by atoms with van der Waals surface area (Å²) in [7, 11) is 5.05. The molecular formula is C22H25N3O4. The molecule has 0 saturated carbocycles. The SMILES string of the molecule is COc1cc(OC)cc(C(NC(=O)COc2ccccc2C)c2nccn2C)c1. The van der Waals surface area contributed by atoms with Crippen LogP contribution in [0.4, 0.5) is 0 Å². The Morgan fingerprint density at radius 3 is 2.41 bits per heavy atom. The number of methoxy groups -OCH3 is 2. The van der Waals surface area contributed by atoms with Gasteiger partial charge in [0.1, 0.15) is 29.1 Å². The van der Waals surface area contributed by atoms with Crippen LogP contribution in [0.3, 0.4) is 0 Å². The van der Waals surface area contributed by atoms with Gasteiger partial charge in [-0.15, -0.1) is 0 Å². The molecule has 0 aliphatic carbocycles. The standard InChI is InChI=1S/C22H25N3O4/c1-15-7-5-6-8-19(15)29-14-20(26)24-21(22-23-9-10-25(22)2)16-11-17(27-3)13-18(12-16)28-4/h5-13,21H,14H2,1-4H3,(H,24,26). The monoisotopic (exact) mass is 395 g/mol. The summed E-state index contributed by atoms with van der Waals surface area (Å²) < 4.78 is 18.3. The van der Waals surface area contributed by atoms with Gasteiger partial charge in [0.2, 0.25) is 0 Å². The highest BCUT2D eigenvalue weighted by Crippen LogP contribution is 2.29. The molecule has 7 nitrogen and oxygen atoms in total. The molecule has 3 rings (SSSR count). The normalized spacial score (nSPS) is 11.6. The van der Waals surface area contributed by atoms with Crippen LogP contribution in [0.15, 0.2) is 54.9 Å². The molecule has 3 aromatic rings. The Kier molecular flexibility index (Phi) is 6.39. The Morgan fingerprint density at radius 1 is 1.14 bits per heavy atom. The smallest absolute Gasteiger partial charge is 0.258 e.